The Hall–Kier alpha value is -1.96. The molecule has 86 valence electrons. The summed E-state index contributed by atoms with van der Waals surface area (Å²) >= 11 is 0. The number of carboxylic acid groups (broad SMARTS) is 1. The van der Waals surface area contributed by atoms with Crippen LogP contribution in [0.1, 0.15) is 17.0 Å². The van der Waals surface area contributed by atoms with Crippen LogP contribution in [0.5, 0.6) is 0 Å². The van der Waals surface area contributed by atoms with E-state index in [0.717, 1.165) is 11.2 Å². The van der Waals surface area contributed by atoms with E-state index in [1.165, 1.54) is 0 Å². The Morgan fingerprint density at radius 1 is 1.56 bits per heavy atom. The van der Waals surface area contributed by atoms with Crippen LogP contribution in [0.25, 0.3) is 0 Å². The number of nitrogens with zero attached hydrogens (tertiary/aromatic N) is 3. The lowest BCUT2D eigenvalue weighted by molar-refractivity contribution is -0.141. The van der Waals surface area contributed by atoms with E-state index in [1.807, 2.05) is 0 Å². The Kier molecular flexibility index (Phi) is 2.57. The van der Waals surface area contributed by atoms with Crippen molar-refractivity contribution in [2.24, 2.45) is 0 Å². The highest BCUT2D eigenvalue weighted by Gasteiger charge is 2.39. The van der Waals surface area contributed by atoms with Crippen LogP contribution in [0.3, 0.4) is 0 Å². The van der Waals surface area contributed by atoms with Crippen molar-refractivity contribution in [1.82, 2.24) is 20.1 Å². The predicted octanol–water partition coefficient (Wildman–Crippen LogP) is -1.54. The van der Waals surface area contributed by atoms with Gasteiger partial charge in [-0.3, -0.25) is 9.89 Å². The Labute approximate surface area is 89.9 Å². The maximum absolute atomic E-state index is 11.8. The summed E-state index contributed by atoms with van der Waals surface area (Å²) in [6.45, 7) is -0.00347. The topological polar surface area (TPSA) is 119 Å². The zero-order valence-corrected chi connectivity index (χ0v) is 8.20. The first-order valence-corrected chi connectivity index (χ1v) is 4.67. The van der Waals surface area contributed by atoms with E-state index in [1.54, 1.807) is 0 Å². The van der Waals surface area contributed by atoms with Gasteiger partial charge in [-0.2, -0.15) is 5.10 Å². The van der Waals surface area contributed by atoms with Crippen molar-refractivity contribution in [3.05, 3.63) is 12.2 Å². The van der Waals surface area contributed by atoms with E-state index in [-0.39, 0.29) is 18.8 Å². The molecule has 0 unspecified atom stereocenters. The van der Waals surface area contributed by atoms with Crippen LogP contribution in [-0.4, -0.2) is 60.9 Å². The van der Waals surface area contributed by atoms with E-state index in [2.05, 4.69) is 15.2 Å². The summed E-state index contributed by atoms with van der Waals surface area (Å²) in [5, 5.41) is 24.1. The lowest BCUT2D eigenvalue weighted by Gasteiger charge is -2.19. The van der Waals surface area contributed by atoms with E-state index < -0.39 is 24.0 Å². The number of carbonyl (C=O) groups excluding carboxylic acids is 1. The molecule has 0 saturated carbocycles. The average Bonchev–Trinajstić information content (AvgIpc) is 2.84. The fraction of sp³-hybridized carbons (Fsp3) is 0.500. The van der Waals surface area contributed by atoms with Crippen molar-refractivity contribution in [1.29, 1.82) is 0 Å². The molecule has 8 heteroatoms. The van der Waals surface area contributed by atoms with Crippen molar-refractivity contribution < 1.29 is 19.8 Å². The first-order valence-electron chi connectivity index (χ1n) is 4.67. The number of carbonyl (C=O) groups is 2. The Balaban J connectivity index is 2.20. The van der Waals surface area contributed by atoms with Crippen LogP contribution < -0.4 is 0 Å². The van der Waals surface area contributed by atoms with Gasteiger partial charge in [-0.1, -0.05) is 0 Å². The van der Waals surface area contributed by atoms with Crippen LogP contribution in [0.15, 0.2) is 6.33 Å². The summed E-state index contributed by atoms with van der Waals surface area (Å²) in [6, 6.07) is -1.01. The van der Waals surface area contributed by atoms with E-state index >= 15 is 0 Å². The summed E-state index contributed by atoms with van der Waals surface area (Å²) in [5.41, 5.74) is 0. The average molecular weight is 226 g/mol. The number of aliphatic hydroxyl groups is 1. The van der Waals surface area contributed by atoms with Gasteiger partial charge in [0, 0.05) is 13.0 Å². The van der Waals surface area contributed by atoms with Crippen LogP contribution >= 0.6 is 0 Å². The van der Waals surface area contributed by atoms with Gasteiger partial charge in [-0.15, -0.1) is 0 Å². The molecule has 2 heterocycles. The number of aromatic amines is 1. The molecule has 2 rings (SSSR count). The molecular formula is C8H10N4O4. The molecule has 8 nitrogen and oxygen atoms in total. The molecule has 0 spiro atoms. The molecule has 1 aromatic rings. The highest BCUT2D eigenvalue weighted by atomic mass is 16.4. The number of β-amino-alcohol motifs (C(OH)–C–C–N with tert-alkyl or cyclic N) is 1. The number of likely N-dealkylation sites (tertiary alicyclic amines) is 1. The molecule has 1 aliphatic rings. The molecule has 1 fully saturated rings. The van der Waals surface area contributed by atoms with E-state index in [4.69, 9.17) is 5.11 Å². The molecular weight excluding hydrogens is 216 g/mol. The second-order valence-corrected chi connectivity index (χ2v) is 3.54. The van der Waals surface area contributed by atoms with Gasteiger partial charge in [0.05, 0.1) is 6.10 Å². The van der Waals surface area contributed by atoms with Gasteiger partial charge in [0.15, 0.2) is 0 Å². The smallest absolute Gasteiger partial charge is 0.326 e. The van der Waals surface area contributed by atoms with Crippen molar-refractivity contribution in [3.8, 4) is 0 Å². The quantitative estimate of drug-likeness (QED) is 0.562. The minimum atomic E-state index is -1.13. The zero-order valence-electron chi connectivity index (χ0n) is 8.20. The number of amides is 1. The zero-order chi connectivity index (χ0) is 11.7. The minimum Gasteiger partial charge on any atom is -0.480 e. The predicted molar refractivity (Wildman–Crippen MR) is 49.5 cm³/mol. The van der Waals surface area contributed by atoms with Gasteiger partial charge < -0.3 is 15.1 Å². The van der Waals surface area contributed by atoms with Gasteiger partial charge in [-0.05, 0) is 0 Å². The van der Waals surface area contributed by atoms with Gasteiger partial charge in [0.1, 0.15) is 12.4 Å². The van der Waals surface area contributed by atoms with Gasteiger partial charge in [0.2, 0.25) is 5.82 Å². The number of hydrogen-bond donors (Lipinski definition) is 3. The van der Waals surface area contributed by atoms with Crippen molar-refractivity contribution >= 4 is 11.9 Å². The first-order chi connectivity index (χ1) is 7.59. The second-order valence-electron chi connectivity index (χ2n) is 3.54. The molecule has 1 amide bonds. The molecule has 0 aliphatic carbocycles. The van der Waals surface area contributed by atoms with Crippen LogP contribution in [0, 0.1) is 0 Å². The van der Waals surface area contributed by atoms with E-state index in [9.17, 15) is 14.7 Å². The third kappa shape index (κ3) is 1.74. The number of hydrogen-bond acceptors (Lipinski definition) is 5. The largest absolute Gasteiger partial charge is 0.480 e. The Bertz CT molecular complexity index is 404. The van der Waals surface area contributed by atoms with Crippen molar-refractivity contribution in [3.63, 3.8) is 0 Å². The maximum atomic E-state index is 11.8. The molecule has 16 heavy (non-hydrogen) atoms. The number of H-pyrrole nitrogens is 1. The summed E-state index contributed by atoms with van der Waals surface area (Å²) in [6.07, 6.45) is 0.387. The third-order valence-corrected chi connectivity index (χ3v) is 2.44. The van der Waals surface area contributed by atoms with E-state index in [0.29, 0.717) is 0 Å². The van der Waals surface area contributed by atoms with Crippen LogP contribution in [0.4, 0.5) is 0 Å². The molecule has 3 N–H and O–H groups in total. The highest BCUT2D eigenvalue weighted by molar-refractivity contribution is 5.93. The van der Waals surface area contributed by atoms with Crippen LogP contribution in [0.2, 0.25) is 0 Å². The molecule has 1 saturated heterocycles. The number of aliphatic hydroxyl groups excluding tert-OH is 1. The molecule has 2 atom stereocenters. The molecule has 0 aromatic carbocycles. The molecule has 1 aliphatic heterocycles. The van der Waals surface area contributed by atoms with Crippen molar-refractivity contribution in [2.75, 3.05) is 6.54 Å². The number of aromatic nitrogens is 3. The van der Waals surface area contributed by atoms with Gasteiger partial charge in [-0.25, -0.2) is 9.78 Å². The molecule has 0 radical (unpaired) electrons. The SMILES string of the molecule is O=C(O)[C@@H]1C[C@@H](O)CN1C(=O)c1ncn[nH]1. The van der Waals surface area contributed by atoms with Crippen molar-refractivity contribution in [2.45, 2.75) is 18.6 Å². The summed E-state index contributed by atoms with van der Waals surface area (Å²) in [4.78, 5) is 27.4. The monoisotopic (exact) mass is 226 g/mol. The van der Waals surface area contributed by atoms with Gasteiger partial charge in [0.25, 0.3) is 5.91 Å². The molecule has 1 aromatic heterocycles. The first kappa shape index (κ1) is 10.6. The third-order valence-electron chi connectivity index (χ3n) is 2.44. The lowest BCUT2D eigenvalue weighted by atomic mass is 10.2. The van der Waals surface area contributed by atoms with Crippen LogP contribution in [-0.2, 0) is 4.79 Å². The van der Waals surface area contributed by atoms with Gasteiger partial charge >= 0.3 is 5.97 Å². The fourth-order valence-electron chi connectivity index (χ4n) is 1.72. The Morgan fingerprint density at radius 2 is 2.31 bits per heavy atom. The lowest BCUT2D eigenvalue weighted by Crippen LogP contribution is -2.41. The molecule has 0 bridgehead atoms. The minimum absolute atomic E-state index is 0.00347. The highest BCUT2D eigenvalue weighted by Crippen LogP contribution is 2.19. The summed E-state index contributed by atoms with van der Waals surface area (Å²) in [5.74, 6) is -1.73. The summed E-state index contributed by atoms with van der Waals surface area (Å²) in [7, 11) is 0. The maximum Gasteiger partial charge on any atom is 0.326 e. The summed E-state index contributed by atoms with van der Waals surface area (Å²) < 4.78 is 0. The number of aliphatic carboxylic acids is 1. The standard InChI is InChI=1S/C8H10N4O4/c13-4-1-5(8(15)16)12(2-4)7(14)6-9-3-10-11-6/h3-5,13H,1-2H2,(H,15,16)(H,9,10,11)/t4-,5+/m1/s1. The fourth-order valence-corrected chi connectivity index (χ4v) is 1.72. The number of carboxylic acids is 1. The Morgan fingerprint density at radius 3 is 2.88 bits per heavy atom. The number of rotatable bonds is 2. The normalized spacial score (nSPS) is 24.7. The second kappa shape index (κ2) is 3.89. The number of nitrogens with one attached hydrogen (secondary N) is 1.